The van der Waals surface area contributed by atoms with Gasteiger partial charge in [0.1, 0.15) is 5.82 Å². The van der Waals surface area contributed by atoms with Gasteiger partial charge in [0.25, 0.3) is 5.22 Å². The van der Waals surface area contributed by atoms with Crippen LogP contribution in [0.1, 0.15) is 12.5 Å². The van der Waals surface area contributed by atoms with E-state index in [1.165, 1.54) is 6.07 Å². The summed E-state index contributed by atoms with van der Waals surface area (Å²) in [6.45, 7) is 3.39. The van der Waals surface area contributed by atoms with Gasteiger partial charge in [0.05, 0.1) is 5.25 Å². The second-order valence-corrected chi connectivity index (χ2v) is 6.74. The highest BCUT2D eigenvalue weighted by Gasteiger charge is 2.19. The summed E-state index contributed by atoms with van der Waals surface area (Å²) < 4.78 is 19.1. The predicted molar refractivity (Wildman–Crippen MR) is 94.8 cm³/mol. The molecule has 0 unspecified atom stereocenters. The standard InChI is InChI=1S/C18H16FN3O2S/c1-11-8-9-14(10-15(11)19)20-16(23)12(2)25-18-22-21-17(24-18)13-6-4-3-5-7-13/h3-10,12H,1-2H3,(H,20,23)/t12-/m1/s1. The number of benzene rings is 2. The molecule has 0 aliphatic rings. The van der Waals surface area contributed by atoms with Crippen molar-refractivity contribution in [3.8, 4) is 11.5 Å². The average Bonchev–Trinajstić information content (AvgIpc) is 3.07. The Morgan fingerprint density at radius 2 is 1.96 bits per heavy atom. The number of nitrogens with one attached hydrogen (secondary N) is 1. The molecule has 5 nitrogen and oxygen atoms in total. The maximum Gasteiger partial charge on any atom is 0.277 e. The molecule has 0 aliphatic carbocycles. The number of carbonyl (C=O) groups is 1. The van der Waals surface area contributed by atoms with Crippen molar-refractivity contribution in [2.45, 2.75) is 24.3 Å². The Hall–Kier alpha value is -2.67. The highest BCUT2D eigenvalue weighted by atomic mass is 32.2. The lowest BCUT2D eigenvalue weighted by molar-refractivity contribution is -0.115. The summed E-state index contributed by atoms with van der Waals surface area (Å²) in [4.78, 5) is 12.2. The van der Waals surface area contributed by atoms with E-state index in [2.05, 4.69) is 15.5 Å². The maximum absolute atomic E-state index is 13.6. The van der Waals surface area contributed by atoms with Crippen molar-refractivity contribution in [3.63, 3.8) is 0 Å². The first-order chi connectivity index (χ1) is 12.0. The number of rotatable bonds is 5. The van der Waals surface area contributed by atoms with E-state index < -0.39 is 5.25 Å². The molecule has 0 bridgehead atoms. The minimum absolute atomic E-state index is 0.271. The molecular formula is C18H16FN3O2S. The number of hydrogen-bond donors (Lipinski definition) is 1. The molecule has 0 spiro atoms. The van der Waals surface area contributed by atoms with Crippen molar-refractivity contribution < 1.29 is 13.6 Å². The number of thioether (sulfide) groups is 1. The molecule has 1 aromatic heterocycles. The molecule has 128 valence electrons. The first-order valence-electron chi connectivity index (χ1n) is 7.65. The largest absolute Gasteiger partial charge is 0.411 e. The third kappa shape index (κ3) is 4.24. The molecule has 0 radical (unpaired) electrons. The molecule has 1 heterocycles. The number of amides is 1. The van der Waals surface area contributed by atoms with Crippen LogP contribution >= 0.6 is 11.8 Å². The van der Waals surface area contributed by atoms with E-state index in [1.54, 1.807) is 26.0 Å². The molecular weight excluding hydrogens is 341 g/mol. The lowest BCUT2D eigenvalue weighted by Crippen LogP contribution is -2.22. The number of anilines is 1. The molecule has 1 atom stereocenters. The van der Waals surface area contributed by atoms with Gasteiger partial charge in [-0.15, -0.1) is 10.2 Å². The molecule has 0 saturated carbocycles. The van der Waals surface area contributed by atoms with E-state index in [0.29, 0.717) is 22.4 Å². The van der Waals surface area contributed by atoms with Crippen LogP contribution in [-0.2, 0) is 4.79 Å². The highest BCUT2D eigenvalue weighted by molar-refractivity contribution is 8.00. The third-order valence-corrected chi connectivity index (χ3v) is 4.45. The van der Waals surface area contributed by atoms with Crippen LogP contribution in [0.5, 0.6) is 0 Å². The summed E-state index contributed by atoms with van der Waals surface area (Å²) >= 11 is 1.15. The van der Waals surface area contributed by atoms with Crippen molar-refractivity contribution in [2.24, 2.45) is 0 Å². The number of aryl methyl sites for hydroxylation is 1. The van der Waals surface area contributed by atoms with Crippen LogP contribution in [0.15, 0.2) is 58.2 Å². The van der Waals surface area contributed by atoms with Gasteiger partial charge in [-0.25, -0.2) is 4.39 Å². The summed E-state index contributed by atoms with van der Waals surface area (Å²) in [7, 11) is 0. The number of hydrogen-bond acceptors (Lipinski definition) is 5. The van der Waals surface area contributed by atoms with E-state index in [0.717, 1.165) is 17.3 Å². The number of aromatic nitrogens is 2. The molecule has 0 fully saturated rings. The predicted octanol–water partition coefficient (Wildman–Crippen LogP) is 4.30. The molecule has 1 N–H and O–H groups in total. The van der Waals surface area contributed by atoms with Crippen LogP contribution in [0.4, 0.5) is 10.1 Å². The molecule has 25 heavy (non-hydrogen) atoms. The van der Waals surface area contributed by atoms with Crippen LogP contribution in [0.3, 0.4) is 0 Å². The van der Waals surface area contributed by atoms with Gasteiger partial charge in [0, 0.05) is 11.3 Å². The minimum atomic E-state index is -0.478. The molecule has 0 saturated heterocycles. The van der Waals surface area contributed by atoms with Gasteiger partial charge in [-0.05, 0) is 43.7 Å². The molecule has 1 amide bonds. The van der Waals surface area contributed by atoms with E-state index in [1.807, 2.05) is 30.3 Å². The Bertz CT molecular complexity index is 883. The van der Waals surface area contributed by atoms with Crippen LogP contribution in [-0.4, -0.2) is 21.4 Å². The second kappa shape index (κ2) is 7.48. The Morgan fingerprint density at radius 3 is 2.68 bits per heavy atom. The first kappa shape index (κ1) is 17.2. The van der Waals surface area contributed by atoms with Crippen LogP contribution in [0, 0.1) is 12.7 Å². The normalized spacial score (nSPS) is 12.0. The lowest BCUT2D eigenvalue weighted by atomic mass is 10.2. The van der Waals surface area contributed by atoms with E-state index >= 15 is 0 Å². The van der Waals surface area contributed by atoms with Gasteiger partial charge in [0.15, 0.2) is 0 Å². The summed E-state index contributed by atoms with van der Waals surface area (Å²) in [5.41, 5.74) is 1.75. The summed E-state index contributed by atoms with van der Waals surface area (Å²) in [6, 6.07) is 14.0. The van der Waals surface area contributed by atoms with E-state index in [-0.39, 0.29) is 11.7 Å². The quantitative estimate of drug-likeness (QED) is 0.690. The van der Waals surface area contributed by atoms with Gasteiger partial charge in [0.2, 0.25) is 11.8 Å². The van der Waals surface area contributed by atoms with Crippen LogP contribution in [0.25, 0.3) is 11.5 Å². The van der Waals surface area contributed by atoms with Gasteiger partial charge in [-0.3, -0.25) is 4.79 Å². The Labute approximate surface area is 148 Å². The number of carbonyl (C=O) groups excluding carboxylic acids is 1. The number of halogens is 1. The van der Waals surface area contributed by atoms with Crippen molar-refractivity contribution in [3.05, 3.63) is 59.9 Å². The monoisotopic (exact) mass is 357 g/mol. The zero-order valence-corrected chi connectivity index (χ0v) is 14.5. The molecule has 3 aromatic rings. The zero-order chi connectivity index (χ0) is 17.8. The third-order valence-electron chi connectivity index (χ3n) is 3.51. The summed E-state index contributed by atoms with van der Waals surface area (Å²) in [6.07, 6.45) is 0. The van der Waals surface area contributed by atoms with Crippen LogP contribution < -0.4 is 5.32 Å². The molecule has 0 aliphatic heterocycles. The van der Waals surface area contributed by atoms with Crippen molar-refractivity contribution >= 4 is 23.4 Å². The molecule has 7 heteroatoms. The fourth-order valence-electron chi connectivity index (χ4n) is 2.07. The van der Waals surface area contributed by atoms with Gasteiger partial charge >= 0.3 is 0 Å². The van der Waals surface area contributed by atoms with E-state index in [4.69, 9.17) is 4.42 Å². The fourth-order valence-corrected chi connectivity index (χ4v) is 2.76. The Balaban J connectivity index is 1.63. The first-order valence-corrected chi connectivity index (χ1v) is 8.53. The smallest absolute Gasteiger partial charge is 0.277 e. The summed E-state index contributed by atoms with van der Waals surface area (Å²) in [5.74, 6) is -0.230. The maximum atomic E-state index is 13.6. The van der Waals surface area contributed by atoms with Crippen molar-refractivity contribution in [1.29, 1.82) is 0 Å². The summed E-state index contributed by atoms with van der Waals surface area (Å²) in [5, 5.41) is 10.4. The zero-order valence-electron chi connectivity index (χ0n) is 13.7. The lowest BCUT2D eigenvalue weighted by Gasteiger charge is -2.10. The minimum Gasteiger partial charge on any atom is -0.411 e. The molecule has 2 aromatic carbocycles. The Morgan fingerprint density at radius 1 is 1.20 bits per heavy atom. The average molecular weight is 357 g/mol. The highest BCUT2D eigenvalue weighted by Crippen LogP contribution is 2.26. The Kier molecular flexibility index (Phi) is 5.14. The van der Waals surface area contributed by atoms with E-state index in [9.17, 15) is 9.18 Å². The van der Waals surface area contributed by atoms with Crippen molar-refractivity contribution in [1.82, 2.24) is 10.2 Å². The van der Waals surface area contributed by atoms with Crippen molar-refractivity contribution in [2.75, 3.05) is 5.32 Å². The second-order valence-electron chi connectivity index (χ2n) is 5.45. The van der Waals surface area contributed by atoms with Gasteiger partial charge in [-0.1, -0.05) is 36.0 Å². The SMILES string of the molecule is Cc1ccc(NC(=O)[C@@H](C)Sc2nnc(-c3ccccc3)o2)cc1F. The number of nitrogens with zero attached hydrogens (tertiary/aromatic N) is 2. The van der Waals surface area contributed by atoms with Gasteiger partial charge in [-0.2, -0.15) is 0 Å². The van der Waals surface area contributed by atoms with Crippen LogP contribution in [0.2, 0.25) is 0 Å². The van der Waals surface area contributed by atoms with Gasteiger partial charge < -0.3 is 9.73 Å². The fraction of sp³-hybridized carbons (Fsp3) is 0.167. The molecule has 3 rings (SSSR count). The topological polar surface area (TPSA) is 68.0 Å².